The third kappa shape index (κ3) is 4.56. The summed E-state index contributed by atoms with van der Waals surface area (Å²) < 4.78 is 41.2. The van der Waals surface area contributed by atoms with E-state index in [1.165, 1.54) is 0 Å². The van der Waals surface area contributed by atoms with Crippen LogP contribution in [0.25, 0.3) is 0 Å². The lowest BCUT2D eigenvalue weighted by molar-refractivity contribution is -0.173. The lowest BCUT2D eigenvalue weighted by atomic mass is 10.0. The highest BCUT2D eigenvalue weighted by Crippen LogP contribution is 2.40. The van der Waals surface area contributed by atoms with Gasteiger partial charge < -0.3 is 10.6 Å². The van der Waals surface area contributed by atoms with Gasteiger partial charge in [0, 0.05) is 30.6 Å². The average Bonchev–Trinajstić information content (AvgIpc) is 3.19. The van der Waals surface area contributed by atoms with Crippen molar-refractivity contribution < 1.29 is 18.0 Å². The molecule has 1 aromatic heterocycles. The van der Waals surface area contributed by atoms with Gasteiger partial charge in [-0.1, -0.05) is 6.92 Å². The van der Waals surface area contributed by atoms with E-state index in [4.69, 9.17) is 0 Å². The monoisotopic (exact) mass is 387 g/mol. The summed E-state index contributed by atoms with van der Waals surface area (Å²) in [6, 6.07) is 0.0411. The molecule has 2 N–H and O–H groups in total. The number of hydrogen-bond donors (Lipinski definition) is 2. The minimum atomic E-state index is -4.32. The molecule has 4 atom stereocenters. The van der Waals surface area contributed by atoms with E-state index in [9.17, 15) is 18.0 Å². The zero-order valence-electron chi connectivity index (χ0n) is 16.0. The molecule has 2 aliphatic heterocycles. The Morgan fingerprint density at radius 2 is 2.22 bits per heavy atom. The van der Waals surface area contributed by atoms with Crippen molar-refractivity contribution in [2.45, 2.75) is 70.3 Å². The number of carbonyl (C=O) groups excluding carboxylic acids is 1. The number of hydrogen-bond acceptors (Lipinski definition) is 4. The van der Waals surface area contributed by atoms with Crippen LogP contribution in [0.4, 0.5) is 19.0 Å². The van der Waals surface area contributed by atoms with Crippen LogP contribution < -0.4 is 10.6 Å². The average molecular weight is 387 g/mol. The number of nitrogens with zero attached hydrogens (tertiary/aromatic N) is 3. The highest BCUT2D eigenvalue weighted by atomic mass is 19.4. The molecule has 0 radical (unpaired) electrons. The molecule has 2 aliphatic rings. The van der Waals surface area contributed by atoms with Gasteiger partial charge in [-0.15, -0.1) is 0 Å². The van der Waals surface area contributed by atoms with Gasteiger partial charge in [-0.25, -0.2) is 4.68 Å². The number of fused-ring (bicyclic) bond motifs is 1. The summed E-state index contributed by atoms with van der Waals surface area (Å²) in [5.41, 5.74) is 0.672. The normalized spacial score (nSPS) is 27.1. The molecule has 152 valence electrons. The molecule has 1 fully saturated rings. The molecule has 9 heteroatoms. The quantitative estimate of drug-likeness (QED) is 0.816. The van der Waals surface area contributed by atoms with Gasteiger partial charge in [0.25, 0.3) is 0 Å². The first kappa shape index (κ1) is 20.0. The number of likely N-dealkylation sites (tertiary alicyclic amines) is 1. The topological polar surface area (TPSA) is 62.2 Å². The van der Waals surface area contributed by atoms with E-state index in [2.05, 4.69) is 15.7 Å². The number of rotatable bonds is 5. The van der Waals surface area contributed by atoms with Crippen molar-refractivity contribution in [3.8, 4) is 0 Å². The van der Waals surface area contributed by atoms with Gasteiger partial charge in [0.2, 0.25) is 5.91 Å². The zero-order valence-corrected chi connectivity index (χ0v) is 16.0. The van der Waals surface area contributed by atoms with E-state index in [1.54, 1.807) is 13.0 Å². The minimum absolute atomic E-state index is 0.0123. The lowest BCUT2D eigenvalue weighted by Crippen LogP contribution is -2.40. The van der Waals surface area contributed by atoms with Gasteiger partial charge in [-0.2, -0.15) is 18.3 Å². The van der Waals surface area contributed by atoms with Crippen LogP contribution in [0.1, 0.15) is 57.7 Å². The molecule has 0 saturated carbocycles. The number of amides is 1. The van der Waals surface area contributed by atoms with Gasteiger partial charge in [-0.05, 0) is 39.7 Å². The Kier molecular flexibility index (Phi) is 5.69. The van der Waals surface area contributed by atoms with Crippen LogP contribution >= 0.6 is 0 Å². The number of nitrogens with one attached hydrogen (secondary N) is 2. The van der Waals surface area contributed by atoms with Crippen LogP contribution in [0.3, 0.4) is 0 Å². The predicted octanol–water partition coefficient (Wildman–Crippen LogP) is 2.89. The highest BCUT2D eigenvalue weighted by Gasteiger charge is 2.46. The summed E-state index contributed by atoms with van der Waals surface area (Å²) in [6.45, 7) is 7.42. The fourth-order valence-corrected chi connectivity index (χ4v) is 3.82. The number of anilines is 1. The maximum absolute atomic E-state index is 13.4. The summed E-state index contributed by atoms with van der Waals surface area (Å²) in [6.07, 6.45) is -2.67. The van der Waals surface area contributed by atoms with Crippen molar-refractivity contribution in [1.29, 1.82) is 0 Å². The summed E-state index contributed by atoms with van der Waals surface area (Å²) >= 11 is 0. The molecular weight excluding hydrogens is 359 g/mol. The van der Waals surface area contributed by atoms with Crippen molar-refractivity contribution in [1.82, 2.24) is 20.0 Å². The number of halogens is 3. The summed E-state index contributed by atoms with van der Waals surface area (Å²) in [7, 11) is 0. The number of alkyl halides is 3. The van der Waals surface area contributed by atoms with Gasteiger partial charge >= 0.3 is 6.18 Å². The van der Waals surface area contributed by atoms with Crippen LogP contribution in [0.5, 0.6) is 0 Å². The summed E-state index contributed by atoms with van der Waals surface area (Å²) in [4.78, 5) is 14.1. The van der Waals surface area contributed by atoms with Crippen molar-refractivity contribution in [3.05, 3.63) is 11.8 Å². The SMILES string of the molecule is CC[C@H](C)NC(=O)CN1CC[C@@H](c2cc3n(n2)[C@@H](C(F)(F)F)C[C@@H](C)N3)C1. The third-order valence-electron chi connectivity index (χ3n) is 5.48. The van der Waals surface area contributed by atoms with Crippen molar-refractivity contribution in [3.63, 3.8) is 0 Å². The molecule has 3 rings (SSSR count). The maximum Gasteiger partial charge on any atom is 0.410 e. The minimum Gasteiger partial charge on any atom is -0.368 e. The molecule has 6 nitrogen and oxygen atoms in total. The first-order chi connectivity index (χ1) is 12.7. The number of carbonyl (C=O) groups is 1. The fourth-order valence-electron chi connectivity index (χ4n) is 3.82. The van der Waals surface area contributed by atoms with Gasteiger partial charge in [0.1, 0.15) is 5.82 Å². The van der Waals surface area contributed by atoms with Gasteiger partial charge in [0.15, 0.2) is 6.04 Å². The van der Waals surface area contributed by atoms with E-state index in [0.717, 1.165) is 24.1 Å². The first-order valence-corrected chi connectivity index (χ1v) is 9.61. The van der Waals surface area contributed by atoms with Crippen LogP contribution in [0.15, 0.2) is 6.07 Å². The molecule has 0 spiro atoms. The van der Waals surface area contributed by atoms with Crippen molar-refractivity contribution >= 4 is 11.7 Å². The van der Waals surface area contributed by atoms with Gasteiger partial charge in [0.05, 0.1) is 12.2 Å². The molecular formula is C18H28F3N5O. The molecule has 1 saturated heterocycles. The number of aromatic nitrogens is 2. The molecule has 1 amide bonds. The molecule has 0 aliphatic carbocycles. The van der Waals surface area contributed by atoms with E-state index in [-0.39, 0.29) is 30.3 Å². The fraction of sp³-hybridized carbons (Fsp3) is 0.778. The first-order valence-electron chi connectivity index (χ1n) is 9.61. The van der Waals surface area contributed by atoms with E-state index >= 15 is 0 Å². The second kappa shape index (κ2) is 7.69. The summed E-state index contributed by atoms with van der Waals surface area (Å²) in [5.74, 6) is 0.464. The molecule has 1 aromatic rings. The Morgan fingerprint density at radius 1 is 1.48 bits per heavy atom. The molecule has 3 heterocycles. The molecule has 0 aromatic carbocycles. The smallest absolute Gasteiger partial charge is 0.368 e. The molecule has 0 unspecified atom stereocenters. The standard InChI is InChI=1S/C18H28F3N5O/c1-4-11(2)23-17(27)10-25-6-5-13(9-25)14-8-16-22-12(3)7-15(18(19,20)21)26(16)24-14/h8,11-13,15,22H,4-7,9-10H2,1-3H3,(H,23,27)/t11-,12+,13+,15+/m0/s1. The van der Waals surface area contributed by atoms with Crippen LogP contribution in [0, 0.1) is 0 Å². The molecule has 0 bridgehead atoms. The van der Waals surface area contributed by atoms with Gasteiger partial charge in [-0.3, -0.25) is 9.69 Å². The van der Waals surface area contributed by atoms with E-state index in [0.29, 0.717) is 24.6 Å². The Bertz CT molecular complexity index is 674. The predicted molar refractivity (Wildman–Crippen MR) is 96.7 cm³/mol. The van der Waals surface area contributed by atoms with Crippen molar-refractivity contribution in [2.24, 2.45) is 0 Å². The Balaban J connectivity index is 1.66. The summed E-state index contributed by atoms with van der Waals surface area (Å²) in [5, 5.41) is 10.3. The second-order valence-electron chi connectivity index (χ2n) is 7.84. The van der Waals surface area contributed by atoms with E-state index < -0.39 is 12.2 Å². The third-order valence-corrected chi connectivity index (χ3v) is 5.48. The van der Waals surface area contributed by atoms with Crippen LogP contribution in [-0.4, -0.2) is 58.5 Å². The second-order valence-corrected chi connectivity index (χ2v) is 7.84. The van der Waals surface area contributed by atoms with Crippen LogP contribution in [-0.2, 0) is 4.79 Å². The maximum atomic E-state index is 13.4. The highest BCUT2D eigenvalue weighted by molar-refractivity contribution is 5.78. The van der Waals surface area contributed by atoms with Crippen LogP contribution in [0.2, 0.25) is 0 Å². The Morgan fingerprint density at radius 3 is 2.89 bits per heavy atom. The largest absolute Gasteiger partial charge is 0.410 e. The Hall–Kier alpha value is -1.77. The lowest BCUT2D eigenvalue weighted by Gasteiger charge is -2.31. The van der Waals surface area contributed by atoms with E-state index in [1.807, 2.05) is 18.7 Å². The Labute approximate surface area is 157 Å². The van der Waals surface area contributed by atoms with Crippen molar-refractivity contribution in [2.75, 3.05) is 25.0 Å². The molecule has 27 heavy (non-hydrogen) atoms. The zero-order chi connectivity index (χ0) is 19.8.